The molecular formula is C13H18N2O. The van der Waals surface area contributed by atoms with Crippen LogP contribution in [0.1, 0.15) is 36.0 Å². The molecular weight excluding hydrogens is 200 g/mol. The second-order valence-corrected chi connectivity index (χ2v) is 4.29. The molecule has 2 N–H and O–H groups in total. The number of nitrogens with one attached hydrogen (secondary N) is 2. The van der Waals surface area contributed by atoms with Crippen LogP contribution in [0, 0.1) is 0 Å². The van der Waals surface area contributed by atoms with Crippen molar-refractivity contribution in [1.29, 1.82) is 0 Å². The highest BCUT2D eigenvalue weighted by Crippen LogP contribution is 2.18. The molecule has 0 heterocycles. The van der Waals surface area contributed by atoms with Gasteiger partial charge in [-0.15, -0.1) is 0 Å². The van der Waals surface area contributed by atoms with E-state index in [1.807, 2.05) is 31.3 Å². The lowest BCUT2D eigenvalue weighted by Gasteiger charge is -2.12. The van der Waals surface area contributed by atoms with Crippen molar-refractivity contribution in [2.75, 3.05) is 12.4 Å². The van der Waals surface area contributed by atoms with Crippen molar-refractivity contribution in [3.05, 3.63) is 29.8 Å². The van der Waals surface area contributed by atoms with Crippen molar-refractivity contribution < 1.29 is 4.79 Å². The molecule has 0 bridgehead atoms. The molecule has 1 amide bonds. The van der Waals surface area contributed by atoms with Gasteiger partial charge in [0.05, 0.1) is 0 Å². The Morgan fingerprint density at radius 3 is 2.75 bits per heavy atom. The van der Waals surface area contributed by atoms with Crippen LogP contribution in [0.5, 0.6) is 0 Å². The van der Waals surface area contributed by atoms with Gasteiger partial charge in [0, 0.05) is 24.3 Å². The van der Waals surface area contributed by atoms with E-state index in [4.69, 9.17) is 0 Å². The Kier molecular flexibility index (Phi) is 3.44. The zero-order valence-electron chi connectivity index (χ0n) is 9.62. The van der Waals surface area contributed by atoms with E-state index in [1.54, 1.807) is 0 Å². The Morgan fingerprint density at radius 2 is 2.06 bits per heavy atom. The SMILES string of the molecule is CNc1cccc(C(=O)NC2CCCC2)c1. The standard InChI is InChI=1S/C13H18N2O/c1-14-12-8-4-5-10(9-12)13(16)15-11-6-2-3-7-11/h4-5,8-9,11,14H,2-3,6-7H2,1H3,(H,15,16). The predicted octanol–water partition coefficient (Wildman–Crippen LogP) is 2.40. The number of carbonyl (C=O) groups is 1. The van der Waals surface area contributed by atoms with Gasteiger partial charge < -0.3 is 10.6 Å². The summed E-state index contributed by atoms with van der Waals surface area (Å²) < 4.78 is 0. The number of anilines is 1. The first-order chi connectivity index (χ1) is 7.79. The largest absolute Gasteiger partial charge is 0.388 e. The molecule has 16 heavy (non-hydrogen) atoms. The van der Waals surface area contributed by atoms with Gasteiger partial charge in [-0.3, -0.25) is 4.79 Å². The number of carbonyl (C=O) groups excluding carboxylic acids is 1. The maximum Gasteiger partial charge on any atom is 0.251 e. The third-order valence-corrected chi connectivity index (χ3v) is 3.10. The van der Waals surface area contributed by atoms with Crippen LogP contribution in [0.25, 0.3) is 0 Å². The topological polar surface area (TPSA) is 41.1 Å². The van der Waals surface area contributed by atoms with Crippen molar-refractivity contribution in [2.45, 2.75) is 31.7 Å². The fraction of sp³-hybridized carbons (Fsp3) is 0.462. The molecule has 0 aromatic heterocycles. The van der Waals surface area contributed by atoms with Gasteiger partial charge in [-0.25, -0.2) is 0 Å². The summed E-state index contributed by atoms with van der Waals surface area (Å²) in [5, 5.41) is 6.12. The fourth-order valence-electron chi connectivity index (χ4n) is 2.15. The normalized spacial score (nSPS) is 16.1. The first-order valence-corrected chi connectivity index (χ1v) is 5.88. The number of hydrogen-bond donors (Lipinski definition) is 2. The highest BCUT2D eigenvalue weighted by Gasteiger charge is 2.17. The Bertz CT molecular complexity index is 370. The van der Waals surface area contributed by atoms with Gasteiger partial charge in [0.25, 0.3) is 5.91 Å². The summed E-state index contributed by atoms with van der Waals surface area (Å²) in [7, 11) is 1.86. The first-order valence-electron chi connectivity index (χ1n) is 5.88. The molecule has 1 aliphatic carbocycles. The summed E-state index contributed by atoms with van der Waals surface area (Å²) in [6.07, 6.45) is 4.72. The lowest BCUT2D eigenvalue weighted by Crippen LogP contribution is -2.32. The minimum absolute atomic E-state index is 0.0454. The predicted molar refractivity (Wildman–Crippen MR) is 65.7 cm³/mol. The Hall–Kier alpha value is -1.51. The highest BCUT2D eigenvalue weighted by atomic mass is 16.1. The Labute approximate surface area is 96.2 Å². The van der Waals surface area contributed by atoms with Crippen LogP contribution >= 0.6 is 0 Å². The maximum atomic E-state index is 11.9. The molecule has 0 aliphatic heterocycles. The molecule has 3 nitrogen and oxygen atoms in total. The monoisotopic (exact) mass is 218 g/mol. The third-order valence-electron chi connectivity index (χ3n) is 3.10. The molecule has 86 valence electrons. The number of amides is 1. The second-order valence-electron chi connectivity index (χ2n) is 4.29. The molecule has 0 spiro atoms. The summed E-state index contributed by atoms with van der Waals surface area (Å²) in [6.45, 7) is 0. The van der Waals surface area contributed by atoms with Gasteiger partial charge in [-0.05, 0) is 31.0 Å². The van der Waals surface area contributed by atoms with E-state index < -0.39 is 0 Å². The van der Waals surface area contributed by atoms with Gasteiger partial charge in [0.2, 0.25) is 0 Å². The molecule has 0 unspecified atom stereocenters. The van der Waals surface area contributed by atoms with Crippen LogP contribution in [0.3, 0.4) is 0 Å². The molecule has 1 aromatic rings. The average molecular weight is 218 g/mol. The van der Waals surface area contributed by atoms with Gasteiger partial charge in [-0.2, -0.15) is 0 Å². The minimum Gasteiger partial charge on any atom is -0.388 e. The van der Waals surface area contributed by atoms with Gasteiger partial charge in [-0.1, -0.05) is 18.9 Å². The summed E-state index contributed by atoms with van der Waals surface area (Å²) in [6, 6.07) is 7.96. The van der Waals surface area contributed by atoms with Crippen molar-refractivity contribution in [3.63, 3.8) is 0 Å². The molecule has 1 saturated carbocycles. The molecule has 2 rings (SSSR count). The number of hydrogen-bond acceptors (Lipinski definition) is 2. The number of benzene rings is 1. The van der Waals surface area contributed by atoms with E-state index in [0.29, 0.717) is 6.04 Å². The van der Waals surface area contributed by atoms with E-state index in [1.165, 1.54) is 12.8 Å². The lowest BCUT2D eigenvalue weighted by atomic mass is 10.1. The molecule has 1 aliphatic rings. The summed E-state index contributed by atoms with van der Waals surface area (Å²) in [5.41, 5.74) is 1.71. The maximum absolute atomic E-state index is 11.9. The van der Waals surface area contributed by atoms with Crippen LogP contribution in [-0.2, 0) is 0 Å². The van der Waals surface area contributed by atoms with E-state index in [0.717, 1.165) is 24.1 Å². The fourth-order valence-corrected chi connectivity index (χ4v) is 2.15. The summed E-state index contributed by atoms with van der Waals surface area (Å²) in [5.74, 6) is 0.0454. The molecule has 1 aromatic carbocycles. The van der Waals surface area contributed by atoms with Crippen LogP contribution in [0.2, 0.25) is 0 Å². The van der Waals surface area contributed by atoms with Crippen LogP contribution in [0.4, 0.5) is 5.69 Å². The van der Waals surface area contributed by atoms with E-state index >= 15 is 0 Å². The molecule has 1 fully saturated rings. The third kappa shape index (κ3) is 2.54. The molecule has 3 heteroatoms. The van der Waals surface area contributed by atoms with Gasteiger partial charge >= 0.3 is 0 Å². The van der Waals surface area contributed by atoms with Crippen LogP contribution < -0.4 is 10.6 Å². The molecule has 0 atom stereocenters. The molecule has 0 saturated heterocycles. The molecule has 0 radical (unpaired) electrons. The summed E-state index contributed by atoms with van der Waals surface area (Å²) >= 11 is 0. The average Bonchev–Trinajstić information content (AvgIpc) is 2.82. The number of rotatable bonds is 3. The van der Waals surface area contributed by atoms with Gasteiger partial charge in [0.15, 0.2) is 0 Å². The Morgan fingerprint density at radius 1 is 1.31 bits per heavy atom. The van der Waals surface area contributed by atoms with Crippen molar-refractivity contribution in [2.24, 2.45) is 0 Å². The van der Waals surface area contributed by atoms with Crippen LogP contribution in [-0.4, -0.2) is 19.0 Å². The van der Waals surface area contributed by atoms with E-state index in [9.17, 15) is 4.79 Å². The quantitative estimate of drug-likeness (QED) is 0.818. The highest BCUT2D eigenvalue weighted by molar-refractivity contribution is 5.95. The smallest absolute Gasteiger partial charge is 0.251 e. The van der Waals surface area contributed by atoms with Crippen LogP contribution in [0.15, 0.2) is 24.3 Å². The van der Waals surface area contributed by atoms with Gasteiger partial charge in [0.1, 0.15) is 0 Å². The second kappa shape index (κ2) is 5.01. The lowest BCUT2D eigenvalue weighted by molar-refractivity contribution is 0.0938. The first kappa shape index (κ1) is 11.0. The van der Waals surface area contributed by atoms with E-state index in [-0.39, 0.29) is 5.91 Å². The van der Waals surface area contributed by atoms with Crippen molar-refractivity contribution in [1.82, 2.24) is 5.32 Å². The Balaban J connectivity index is 2.01. The van der Waals surface area contributed by atoms with Crippen molar-refractivity contribution in [3.8, 4) is 0 Å². The zero-order chi connectivity index (χ0) is 11.4. The van der Waals surface area contributed by atoms with E-state index in [2.05, 4.69) is 10.6 Å². The minimum atomic E-state index is 0.0454. The zero-order valence-corrected chi connectivity index (χ0v) is 9.62. The summed E-state index contributed by atoms with van der Waals surface area (Å²) in [4.78, 5) is 11.9. The van der Waals surface area contributed by atoms with Crippen molar-refractivity contribution >= 4 is 11.6 Å².